The molecule has 0 amide bonds. The van der Waals surface area contributed by atoms with Crippen LogP contribution in [0.1, 0.15) is 55.8 Å². The molecule has 24 heavy (non-hydrogen) atoms. The molecule has 0 spiro atoms. The van der Waals surface area contributed by atoms with Crippen molar-refractivity contribution in [1.82, 2.24) is 0 Å². The van der Waals surface area contributed by atoms with Crippen LogP contribution in [-0.4, -0.2) is 7.25 Å². The first-order valence-electron chi connectivity index (χ1n) is 8.43. The lowest BCUT2D eigenvalue weighted by Crippen LogP contribution is -2.16. The highest BCUT2D eigenvalue weighted by atomic mass is 32.1. The smallest absolute Gasteiger partial charge is 0.418 e. The van der Waals surface area contributed by atoms with Crippen LogP contribution in [0, 0.1) is 0 Å². The molecule has 0 N–H and O–H groups in total. The molecule has 0 atom stereocenters. The van der Waals surface area contributed by atoms with E-state index in [1.165, 1.54) is 0 Å². The van der Waals surface area contributed by atoms with Crippen LogP contribution in [0.5, 0.6) is 0 Å². The van der Waals surface area contributed by atoms with E-state index in [1.54, 1.807) is 11.3 Å². The lowest BCUT2D eigenvalue weighted by Gasteiger charge is -2.14. The number of thiophene rings is 1. The van der Waals surface area contributed by atoms with E-state index in [1.807, 2.05) is 59.1 Å². The third kappa shape index (κ3) is 7.03. The Kier molecular flexibility index (Phi) is 5.28. The van der Waals surface area contributed by atoms with Gasteiger partial charge in [0, 0.05) is 22.5 Å². The summed E-state index contributed by atoms with van der Waals surface area (Å²) >= 11 is 1.56. The van der Waals surface area contributed by atoms with E-state index in [9.17, 15) is 17.3 Å². The van der Waals surface area contributed by atoms with Crippen LogP contribution in [0.15, 0.2) is 34.0 Å². The fourth-order valence-electron chi connectivity index (χ4n) is 1.64. The minimum absolute atomic E-state index is 0.267. The maximum absolute atomic E-state index is 9.75. The predicted octanol–water partition coefficient (Wildman–Crippen LogP) is 7.18. The van der Waals surface area contributed by atoms with Gasteiger partial charge in [0.15, 0.2) is 0 Å². The third-order valence-electron chi connectivity index (χ3n) is 2.81. The molecule has 0 aliphatic rings. The zero-order chi connectivity index (χ0) is 20.5. The maximum Gasteiger partial charge on any atom is 0.673 e. The molecule has 2 heterocycles. The van der Waals surface area contributed by atoms with Gasteiger partial charge in [-0.3, -0.25) is 0 Å². The Labute approximate surface area is 147 Å². The van der Waals surface area contributed by atoms with Crippen LogP contribution >= 0.6 is 11.3 Å². The summed E-state index contributed by atoms with van der Waals surface area (Å²) < 4.78 is 62.1. The Hall–Kier alpha value is -1.37. The summed E-state index contributed by atoms with van der Waals surface area (Å²) in [7, 11) is -6.00. The summed E-state index contributed by atoms with van der Waals surface area (Å²) in [5.74, 6) is 1.29. The van der Waals surface area contributed by atoms with E-state index in [0.29, 0.717) is 29.2 Å². The molecule has 0 saturated carbocycles. The molecule has 2 rings (SSSR count). The summed E-state index contributed by atoms with van der Waals surface area (Å²) in [6.45, 7) is 12.2. The van der Waals surface area contributed by atoms with Crippen LogP contribution in [0.2, 0.25) is 0 Å². The Morgan fingerprint density at radius 1 is 0.958 bits per heavy atom. The van der Waals surface area contributed by atoms with Crippen molar-refractivity contribution in [2.75, 3.05) is 0 Å². The second-order valence-electron chi connectivity index (χ2n) is 7.36. The second-order valence-corrected chi connectivity index (χ2v) is 8.31. The molecule has 134 valence electrons. The van der Waals surface area contributed by atoms with Crippen molar-refractivity contribution in [3.63, 3.8) is 0 Å². The molecule has 1 nitrogen and oxygen atoms in total. The van der Waals surface area contributed by atoms with Gasteiger partial charge in [0.2, 0.25) is 0 Å². The van der Waals surface area contributed by atoms with Crippen LogP contribution in [0.25, 0.3) is 10.4 Å². The molecule has 2 aromatic heterocycles. The summed E-state index contributed by atoms with van der Waals surface area (Å²) in [6, 6.07) is 4.59. The van der Waals surface area contributed by atoms with Gasteiger partial charge in [0.25, 0.3) is 0 Å². The first kappa shape index (κ1) is 17.5. The van der Waals surface area contributed by atoms with E-state index in [-0.39, 0.29) is 10.8 Å². The number of hydrogen-bond acceptors (Lipinski definition) is 1. The van der Waals surface area contributed by atoms with Gasteiger partial charge in [-0.1, -0.05) is 6.07 Å². The van der Waals surface area contributed by atoms with Crippen LogP contribution < -0.4 is 0 Å². The zero-order valence-corrected chi connectivity index (χ0v) is 15.5. The van der Waals surface area contributed by atoms with E-state index >= 15 is 0 Å². The van der Waals surface area contributed by atoms with Crippen LogP contribution in [-0.2, 0) is 10.8 Å². The molecule has 2 aromatic rings. The lowest BCUT2D eigenvalue weighted by molar-refractivity contribution is 0.329. The summed E-state index contributed by atoms with van der Waals surface area (Å²) in [6.07, 6.45) is 0. The molecule has 0 aliphatic heterocycles. The quantitative estimate of drug-likeness (QED) is 0.296. The summed E-state index contributed by atoms with van der Waals surface area (Å²) in [5, 5.41) is 1.98. The van der Waals surface area contributed by atoms with Crippen LogP contribution in [0.3, 0.4) is 0 Å². The van der Waals surface area contributed by atoms with Crippen molar-refractivity contribution in [3.05, 3.63) is 41.1 Å². The first-order valence-corrected chi connectivity index (χ1v) is 8.31. The molecule has 7 heteroatoms. The van der Waals surface area contributed by atoms with Gasteiger partial charge in [0.1, 0.15) is 0 Å². The molecule has 0 aromatic carbocycles. The number of halogens is 4. The van der Waals surface area contributed by atoms with Gasteiger partial charge in [-0.15, -0.1) is 11.3 Å². The molecule has 0 saturated heterocycles. The molecule has 0 fully saturated rings. The first-order chi connectivity index (χ1) is 11.5. The van der Waals surface area contributed by atoms with Gasteiger partial charge in [-0.25, -0.2) is 4.42 Å². The number of hydrogen-bond donors (Lipinski definition) is 0. The topological polar surface area (TPSA) is 11.3 Å². The monoisotopic (exact) mass is 364 g/mol. The molecule has 0 radical (unpaired) electrons. The van der Waals surface area contributed by atoms with Crippen molar-refractivity contribution in [3.8, 4) is 10.4 Å². The van der Waals surface area contributed by atoms with Crippen molar-refractivity contribution in [2.24, 2.45) is 0 Å². The van der Waals surface area contributed by atoms with Gasteiger partial charge in [0.05, 0.1) is 13.6 Å². The molecule has 0 unspecified atom stereocenters. The lowest BCUT2D eigenvalue weighted by atomic mass is 9.88. The molecular formula is C17H23BF4OS. The fourth-order valence-corrected chi connectivity index (χ4v) is 2.32. The van der Waals surface area contributed by atoms with Gasteiger partial charge in [-0.05, 0) is 53.0 Å². The highest BCUT2D eigenvalue weighted by molar-refractivity contribution is 7.13. The fraction of sp³-hybridized carbons (Fsp3) is 0.471. The average Bonchev–Trinajstić information content (AvgIpc) is 2.87. The van der Waals surface area contributed by atoms with E-state index in [4.69, 9.17) is 7.16 Å². The van der Waals surface area contributed by atoms with Gasteiger partial charge >= 0.3 is 18.8 Å². The third-order valence-corrected chi connectivity index (χ3v) is 3.70. The minimum Gasteiger partial charge on any atom is -0.418 e. The van der Waals surface area contributed by atoms with Crippen molar-refractivity contribution in [1.29, 1.82) is 0 Å². The summed E-state index contributed by atoms with van der Waals surface area (Å²) in [5.41, 5.74) is 0.152. The van der Waals surface area contributed by atoms with E-state index < -0.39 is 7.25 Å². The SMILES string of the molecule is F[B-](F)(F)F.[2H]c1c(C(C)(C)C)[o+]c(C(C)(C)C)c([2H])c1-c1cccs1. The van der Waals surface area contributed by atoms with Crippen molar-refractivity contribution < 1.29 is 24.4 Å². The highest BCUT2D eigenvalue weighted by Gasteiger charge is 2.34. The average molecular weight is 364 g/mol. The zero-order valence-electron chi connectivity index (χ0n) is 16.6. The minimum atomic E-state index is -6.00. The Morgan fingerprint density at radius 2 is 1.38 bits per heavy atom. The Morgan fingerprint density at radius 3 is 1.67 bits per heavy atom. The normalized spacial score (nSPS) is 13.8. The van der Waals surface area contributed by atoms with Gasteiger partial charge in [-0.2, -0.15) is 0 Å². The summed E-state index contributed by atoms with van der Waals surface area (Å²) in [4.78, 5) is 0.955. The molecular weight excluding hydrogens is 339 g/mol. The van der Waals surface area contributed by atoms with Gasteiger partial charge < -0.3 is 17.3 Å². The maximum atomic E-state index is 9.75. The van der Waals surface area contributed by atoms with Crippen molar-refractivity contribution >= 4 is 18.6 Å². The largest absolute Gasteiger partial charge is 0.673 e. The Bertz CT molecular complexity index is 704. The van der Waals surface area contributed by atoms with E-state index in [0.717, 1.165) is 4.88 Å². The standard InChI is InChI=1S/C17H23OS.BF4/c1-16(2,3)14-10-12(13-8-7-9-19-13)11-15(18-14)17(4,5)6;2-1(3,4)5/h7-11H,1-6H3;/q+1;-1/i10D,11D;. The number of rotatable bonds is 1. The Balaban J connectivity index is 0.000000597. The van der Waals surface area contributed by atoms with Crippen molar-refractivity contribution in [2.45, 2.75) is 52.4 Å². The highest BCUT2D eigenvalue weighted by Crippen LogP contribution is 2.35. The molecule has 0 aliphatic carbocycles. The van der Waals surface area contributed by atoms with Crippen LogP contribution in [0.4, 0.5) is 17.3 Å². The second kappa shape index (κ2) is 7.25. The van der Waals surface area contributed by atoms with E-state index in [2.05, 4.69) is 0 Å². The predicted molar refractivity (Wildman–Crippen MR) is 94.0 cm³/mol. The molecule has 0 bridgehead atoms.